The van der Waals surface area contributed by atoms with Gasteiger partial charge in [0.1, 0.15) is 6.10 Å². The summed E-state index contributed by atoms with van der Waals surface area (Å²) >= 11 is 0. The van der Waals surface area contributed by atoms with Gasteiger partial charge in [0.15, 0.2) is 5.79 Å². The Kier molecular flexibility index (Phi) is 5.57. The zero-order valence-corrected chi connectivity index (χ0v) is 13.9. The van der Waals surface area contributed by atoms with E-state index in [1.807, 2.05) is 20.8 Å². The van der Waals surface area contributed by atoms with E-state index in [0.29, 0.717) is 13.2 Å². The number of benzene rings is 1. The number of rotatable bonds is 7. The Hall–Kier alpha value is -0.990. The molecule has 0 aromatic heterocycles. The summed E-state index contributed by atoms with van der Waals surface area (Å²) in [6, 6.07) is 6.51. The average molecular weight is 330 g/mol. The van der Waals surface area contributed by atoms with Crippen molar-refractivity contribution >= 4 is 10.1 Å². The summed E-state index contributed by atoms with van der Waals surface area (Å²) < 4.78 is 45.1. The summed E-state index contributed by atoms with van der Waals surface area (Å²) in [7, 11) is -3.73. The fourth-order valence-electron chi connectivity index (χ4n) is 2.04. The van der Waals surface area contributed by atoms with Gasteiger partial charge in [0, 0.05) is 0 Å². The zero-order valence-electron chi connectivity index (χ0n) is 13.1. The third kappa shape index (κ3) is 5.03. The van der Waals surface area contributed by atoms with Crippen LogP contribution in [0.2, 0.25) is 0 Å². The lowest BCUT2D eigenvalue weighted by Gasteiger charge is -2.17. The van der Waals surface area contributed by atoms with Crippen LogP contribution >= 0.6 is 0 Å². The molecule has 0 radical (unpaired) electrons. The molecule has 1 aliphatic heterocycles. The Bertz CT molecular complexity index is 579. The Labute approximate surface area is 131 Å². The second kappa shape index (κ2) is 7.06. The fraction of sp³-hybridized carbons (Fsp3) is 0.600. The molecule has 7 heteroatoms. The van der Waals surface area contributed by atoms with Gasteiger partial charge in [-0.25, -0.2) is 0 Å². The smallest absolute Gasteiger partial charge is 0.297 e. The number of ether oxygens (including phenoxy) is 3. The second-order valence-corrected chi connectivity index (χ2v) is 7.23. The second-order valence-electron chi connectivity index (χ2n) is 5.61. The van der Waals surface area contributed by atoms with E-state index < -0.39 is 15.9 Å². The molecule has 0 aliphatic carbocycles. The highest BCUT2D eigenvalue weighted by molar-refractivity contribution is 7.86. The van der Waals surface area contributed by atoms with Crippen molar-refractivity contribution in [2.24, 2.45) is 0 Å². The highest BCUT2D eigenvalue weighted by Gasteiger charge is 2.32. The van der Waals surface area contributed by atoms with E-state index in [0.717, 1.165) is 5.56 Å². The van der Waals surface area contributed by atoms with Gasteiger partial charge in [-0.05, 0) is 32.9 Å². The summed E-state index contributed by atoms with van der Waals surface area (Å²) in [4.78, 5) is 0.146. The molecule has 1 aromatic rings. The number of aryl methyl sites for hydroxylation is 1. The van der Waals surface area contributed by atoms with Crippen molar-refractivity contribution in [3.63, 3.8) is 0 Å². The standard InChI is InChI=1S/C15H22O6S/c1-12-4-6-14(7-5-12)22(16,17)20-9-8-18-10-13-11-19-15(2,3)21-13/h4-7,13H,8-11H2,1-3H3. The van der Waals surface area contributed by atoms with Crippen molar-refractivity contribution in [1.29, 1.82) is 0 Å². The van der Waals surface area contributed by atoms with E-state index in [1.165, 1.54) is 12.1 Å². The van der Waals surface area contributed by atoms with Gasteiger partial charge in [-0.1, -0.05) is 17.7 Å². The molecule has 0 bridgehead atoms. The average Bonchev–Trinajstić information content (AvgIpc) is 2.78. The first kappa shape index (κ1) is 17.4. The van der Waals surface area contributed by atoms with E-state index in [2.05, 4.69) is 0 Å². The van der Waals surface area contributed by atoms with Crippen LogP contribution in [0.1, 0.15) is 19.4 Å². The fourth-order valence-corrected chi connectivity index (χ4v) is 2.93. The number of hydrogen-bond donors (Lipinski definition) is 0. The van der Waals surface area contributed by atoms with Gasteiger partial charge in [0.25, 0.3) is 10.1 Å². The summed E-state index contributed by atoms with van der Waals surface area (Å²) in [5.41, 5.74) is 0.990. The topological polar surface area (TPSA) is 71.1 Å². The first-order chi connectivity index (χ1) is 10.3. The van der Waals surface area contributed by atoms with E-state index >= 15 is 0 Å². The molecule has 0 amide bonds. The van der Waals surface area contributed by atoms with Crippen LogP contribution < -0.4 is 0 Å². The zero-order chi connectivity index (χ0) is 16.2. The summed E-state index contributed by atoms with van der Waals surface area (Å²) in [5.74, 6) is -0.584. The molecule has 6 nitrogen and oxygen atoms in total. The third-order valence-corrected chi connectivity index (χ3v) is 4.47. The van der Waals surface area contributed by atoms with E-state index in [1.54, 1.807) is 12.1 Å². The van der Waals surface area contributed by atoms with Gasteiger partial charge in [0.05, 0.1) is 31.3 Å². The SMILES string of the molecule is Cc1ccc(S(=O)(=O)OCCOCC2COC(C)(C)O2)cc1. The first-order valence-corrected chi connectivity index (χ1v) is 8.55. The molecule has 22 heavy (non-hydrogen) atoms. The molecule has 1 atom stereocenters. The molecule has 1 heterocycles. The van der Waals surface area contributed by atoms with Crippen LogP contribution in [0.25, 0.3) is 0 Å². The lowest BCUT2D eigenvalue weighted by Crippen LogP contribution is -2.24. The van der Waals surface area contributed by atoms with Crippen molar-refractivity contribution in [3.05, 3.63) is 29.8 Å². The van der Waals surface area contributed by atoms with E-state index in [9.17, 15) is 8.42 Å². The maximum atomic E-state index is 11.9. The van der Waals surface area contributed by atoms with Crippen LogP contribution in [0.4, 0.5) is 0 Å². The molecular formula is C15H22O6S. The Morgan fingerprint density at radius 2 is 1.91 bits per heavy atom. The molecule has 1 saturated heterocycles. The normalized spacial score (nSPS) is 21.1. The summed E-state index contributed by atoms with van der Waals surface area (Å²) in [6.07, 6.45) is -0.135. The van der Waals surface area contributed by atoms with Crippen LogP contribution in [-0.2, 0) is 28.5 Å². The van der Waals surface area contributed by atoms with Gasteiger partial charge < -0.3 is 14.2 Å². The molecule has 1 unspecified atom stereocenters. The Balaban J connectivity index is 1.69. The van der Waals surface area contributed by atoms with Crippen LogP contribution in [0.15, 0.2) is 29.2 Å². The van der Waals surface area contributed by atoms with Crippen LogP contribution in [0.5, 0.6) is 0 Å². The van der Waals surface area contributed by atoms with Gasteiger partial charge in [-0.15, -0.1) is 0 Å². The molecule has 1 fully saturated rings. The van der Waals surface area contributed by atoms with Crippen molar-refractivity contribution in [1.82, 2.24) is 0 Å². The van der Waals surface area contributed by atoms with Crippen LogP contribution in [0, 0.1) is 6.92 Å². The maximum absolute atomic E-state index is 11.9. The van der Waals surface area contributed by atoms with E-state index in [4.69, 9.17) is 18.4 Å². The molecule has 0 saturated carbocycles. The molecule has 0 spiro atoms. The minimum absolute atomic E-state index is 0.0345. The Morgan fingerprint density at radius 1 is 1.23 bits per heavy atom. The highest BCUT2D eigenvalue weighted by atomic mass is 32.2. The largest absolute Gasteiger partial charge is 0.376 e. The minimum atomic E-state index is -3.73. The molecule has 0 N–H and O–H groups in total. The first-order valence-electron chi connectivity index (χ1n) is 7.14. The molecule has 2 rings (SSSR count). The van der Waals surface area contributed by atoms with Crippen molar-refractivity contribution in [3.8, 4) is 0 Å². The van der Waals surface area contributed by atoms with Crippen LogP contribution in [-0.4, -0.2) is 46.7 Å². The lowest BCUT2D eigenvalue weighted by molar-refractivity contribution is -0.145. The maximum Gasteiger partial charge on any atom is 0.297 e. The van der Waals surface area contributed by atoms with Gasteiger partial charge in [-0.2, -0.15) is 8.42 Å². The number of hydrogen-bond acceptors (Lipinski definition) is 6. The van der Waals surface area contributed by atoms with E-state index in [-0.39, 0.29) is 24.2 Å². The summed E-state index contributed by atoms with van der Waals surface area (Å²) in [6.45, 7) is 6.52. The molecule has 124 valence electrons. The summed E-state index contributed by atoms with van der Waals surface area (Å²) in [5, 5.41) is 0. The van der Waals surface area contributed by atoms with Crippen molar-refractivity contribution in [2.75, 3.05) is 26.4 Å². The Morgan fingerprint density at radius 3 is 2.50 bits per heavy atom. The monoisotopic (exact) mass is 330 g/mol. The van der Waals surface area contributed by atoms with Crippen molar-refractivity contribution < 1.29 is 26.8 Å². The minimum Gasteiger partial charge on any atom is -0.376 e. The highest BCUT2D eigenvalue weighted by Crippen LogP contribution is 2.22. The van der Waals surface area contributed by atoms with Gasteiger partial charge in [0.2, 0.25) is 0 Å². The predicted octanol–water partition coefficient (Wildman–Crippen LogP) is 1.87. The molecular weight excluding hydrogens is 308 g/mol. The predicted molar refractivity (Wildman–Crippen MR) is 80.0 cm³/mol. The molecule has 1 aliphatic rings. The molecule has 1 aromatic carbocycles. The third-order valence-electron chi connectivity index (χ3n) is 3.15. The quantitative estimate of drug-likeness (QED) is 0.561. The van der Waals surface area contributed by atoms with Gasteiger partial charge >= 0.3 is 0 Å². The van der Waals surface area contributed by atoms with Crippen molar-refractivity contribution in [2.45, 2.75) is 37.6 Å². The van der Waals surface area contributed by atoms with Gasteiger partial charge in [-0.3, -0.25) is 4.18 Å². The van der Waals surface area contributed by atoms with Crippen LogP contribution in [0.3, 0.4) is 0 Å². The lowest BCUT2D eigenvalue weighted by atomic mass is 10.2.